The van der Waals surface area contributed by atoms with Crippen molar-refractivity contribution in [2.45, 2.75) is 46.0 Å². The molecule has 0 aliphatic rings. The van der Waals surface area contributed by atoms with E-state index >= 15 is 0 Å². The van der Waals surface area contributed by atoms with Crippen LogP contribution in [0.1, 0.15) is 61.9 Å². The molecule has 100 valence electrons. The van der Waals surface area contributed by atoms with Crippen LogP contribution in [-0.4, -0.2) is 17.7 Å². The highest BCUT2D eigenvalue weighted by Gasteiger charge is 2.17. The third-order valence-corrected chi connectivity index (χ3v) is 2.88. The summed E-state index contributed by atoms with van der Waals surface area (Å²) in [4.78, 5) is 11.2. The van der Waals surface area contributed by atoms with Gasteiger partial charge in [-0.15, -0.1) is 0 Å². The Labute approximate surface area is 109 Å². The summed E-state index contributed by atoms with van der Waals surface area (Å²) in [5.41, 5.74) is 1.14. The first kappa shape index (κ1) is 14.6. The first-order chi connectivity index (χ1) is 8.57. The third kappa shape index (κ3) is 3.76. The number of carbonyl (C=O) groups is 1. The molecule has 0 atom stereocenters. The predicted molar refractivity (Wildman–Crippen MR) is 72.5 cm³/mol. The molecule has 0 unspecified atom stereocenters. The van der Waals surface area contributed by atoms with E-state index in [1.807, 2.05) is 19.9 Å². The SMILES string of the molecule is CCCCCOc1cccc(C(=O)O)c1C(C)C. The smallest absolute Gasteiger partial charge is 0.336 e. The van der Waals surface area contributed by atoms with Gasteiger partial charge in [0.2, 0.25) is 0 Å². The summed E-state index contributed by atoms with van der Waals surface area (Å²) in [7, 11) is 0. The summed E-state index contributed by atoms with van der Waals surface area (Å²) in [5.74, 6) is -0.0443. The van der Waals surface area contributed by atoms with Crippen molar-refractivity contribution < 1.29 is 14.6 Å². The fraction of sp³-hybridized carbons (Fsp3) is 0.533. The molecule has 0 saturated heterocycles. The van der Waals surface area contributed by atoms with Crippen molar-refractivity contribution >= 4 is 5.97 Å². The Hall–Kier alpha value is -1.51. The number of carboxylic acid groups (broad SMARTS) is 1. The van der Waals surface area contributed by atoms with Crippen LogP contribution < -0.4 is 4.74 Å². The third-order valence-electron chi connectivity index (χ3n) is 2.88. The van der Waals surface area contributed by atoms with Crippen molar-refractivity contribution in [3.05, 3.63) is 29.3 Å². The van der Waals surface area contributed by atoms with Crippen molar-refractivity contribution in [2.75, 3.05) is 6.61 Å². The average Bonchev–Trinajstić information content (AvgIpc) is 2.33. The summed E-state index contributed by atoms with van der Waals surface area (Å²) in [6.07, 6.45) is 3.29. The maximum absolute atomic E-state index is 11.2. The Bertz CT molecular complexity index is 397. The summed E-state index contributed by atoms with van der Waals surface area (Å²) in [6.45, 7) is 6.77. The van der Waals surface area contributed by atoms with Crippen molar-refractivity contribution in [3.8, 4) is 5.75 Å². The van der Waals surface area contributed by atoms with E-state index in [0.717, 1.165) is 24.8 Å². The number of carboxylic acids is 1. The van der Waals surface area contributed by atoms with E-state index in [1.54, 1.807) is 12.1 Å². The summed E-state index contributed by atoms with van der Waals surface area (Å²) >= 11 is 0. The quantitative estimate of drug-likeness (QED) is 0.742. The van der Waals surface area contributed by atoms with Crippen molar-refractivity contribution in [2.24, 2.45) is 0 Å². The van der Waals surface area contributed by atoms with Gasteiger partial charge in [0.1, 0.15) is 5.75 Å². The van der Waals surface area contributed by atoms with Crippen LogP contribution in [0.15, 0.2) is 18.2 Å². The summed E-state index contributed by atoms with van der Waals surface area (Å²) < 4.78 is 5.73. The highest BCUT2D eigenvalue weighted by Crippen LogP contribution is 2.30. The van der Waals surface area contributed by atoms with Gasteiger partial charge in [0.15, 0.2) is 0 Å². The lowest BCUT2D eigenvalue weighted by atomic mass is 9.96. The fourth-order valence-electron chi connectivity index (χ4n) is 1.99. The van der Waals surface area contributed by atoms with E-state index in [2.05, 4.69) is 6.92 Å². The highest BCUT2D eigenvalue weighted by atomic mass is 16.5. The van der Waals surface area contributed by atoms with Crippen molar-refractivity contribution in [1.82, 2.24) is 0 Å². The van der Waals surface area contributed by atoms with E-state index in [1.165, 1.54) is 0 Å². The van der Waals surface area contributed by atoms with E-state index in [-0.39, 0.29) is 5.92 Å². The number of aromatic carboxylic acids is 1. The molecule has 1 aromatic rings. The second kappa shape index (κ2) is 7.04. The zero-order valence-corrected chi connectivity index (χ0v) is 11.4. The Morgan fingerprint density at radius 3 is 2.61 bits per heavy atom. The molecule has 3 nitrogen and oxygen atoms in total. The van der Waals surface area contributed by atoms with Gasteiger partial charge in [-0.1, -0.05) is 39.7 Å². The van der Waals surface area contributed by atoms with Crippen LogP contribution in [0.2, 0.25) is 0 Å². The molecular weight excluding hydrogens is 228 g/mol. The number of unbranched alkanes of at least 4 members (excludes halogenated alkanes) is 2. The molecule has 0 fully saturated rings. The molecule has 18 heavy (non-hydrogen) atoms. The van der Waals surface area contributed by atoms with Crippen LogP contribution in [0.3, 0.4) is 0 Å². The Morgan fingerprint density at radius 1 is 1.33 bits per heavy atom. The predicted octanol–water partition coefficient (Wildman–Crippen LogP) is 4.08. The number of rotatable bonds is 7. The van der Waals surface area contributed by atoms with Gasteiger partial charge in [0.25, 0.3) is 0 Å². The molecule has 1 N–H and O–H groups in total. The van der Waals surface area contributed by atoms with Gasteiger partial charge in [-0.25, -0.2) is 4.79 Å². The molecule has 1 aromatic carbocycles. The molecule has 3 heteroatoms. The van der Waals surface area contributed by atoms with Gasteiger partial charge in [-0.05, 0) is 24.5 Å². The van der Waals surface area contributed by atoms with Gasteiger partial charge in [0, 0.05) is 5.56 Å². The lowest BCUT2D eigenvalue weighted by Crippen LogP contribution is -2.08. The van der Waals surface area contributed by atoms with Crippen molar-refractivity contribution in [1.29, 1.82) is 0 Å². The van der Waals surface area contributed by atoms with E-state index < -0.39 is 5.97 Å². The monoisotopic (exact) mass is 250 g/mol. The highest BCUT2D eigenvalue weighted by molar-refractivity contribution is 5.90. The standard InChI is InChI=1S/C15H22O3/c1-4-5-6-10-18-13-9-7-8-12(15(16)17)14(13)11(2)3/h7-9,11H,4-6,10H2,1-3H3,(H,16,17). The van der Waals surface area contributed by atoms with Crippen molar-refractivity contribution in [3.63, 3.8) is 0 Å². The van der Waals surface area contributed by atoms with Gasteiger partial charge in [-0.3, -0.25) is 0 Å². The van der Waals surface area contributed by atoms with E-state index in [0.29, 0.717) is 17.9 Å². The normalized spacial score (nSPS) is 10.7. The number of hydrogen-bond donors (Lipinski definition) is 1. The molecule has 1 rings (SSSR count). The minimum atomic E-state index is -0.891. The van der Waals surface area contributed by atoms with Gasteiger partial charge >= 0.3 is 5.97 Å². The second-order valence-corrected chi connectivity index (χ2v) is 4.73. The Morgan fingerprint density at radius 2 is 2.06 bits per heavy atom. The van der Waals surface area contributed by atoms with Crippen LogP contribution >= 0.6 is 0 Å². The average molecular weight is 250 g/mol. The first-order valence-corrected chi connectivity index (χ1v) is 6.57. The molecule has 0 radical (unpaired) electrons. The van der Waals surface area contributed by atoms with Crippen LogP contribution in [0, 0.1) is 0 Å². The molecule has 0 bridgehead atoms. The number of ether oxygens (including phenoxy) is 1. The Balaban J connectivity index is 2.89. The van der Waals surface area contributed by atoms with Gasteiger partial charge in [-0.2, -0.15) is 0 Å². The lowest BCUT2D eigenvalue weighted by Gasteiger charge is -2.16. The minimum absolute atomic E-state index is 0.137. The maximum Gasteiger partial charge on any atom is 0.336 e. The van der Waals surface area contributed by atoms with Crippen LogP contribution in [0.25, 0.3) is 0 Å². The lowest BCUT2D eigenvalue weighted by molar-refractivity contribution is 0.0694. The molecule has 0 spiro atoms. The molecule has 0 saturated carbocycles. The number of hydrogen-bond acceptors (Lipinski definition) is 2. The van der Waals surface area contributed by atoms with Gasteiger partial charge in [0.05, 0.1) is 12.2 Å². The molecule has 0 aliphatic carbocycles. The molecule has 0 heterocycles. The molecule has 0 aromatic heterocycles. The fourth-order valence-corrected chi connectivity index (χ4v) is 1.99. The molecule has 0 amide bonds. The van der Waals surface area contributed by atoms with E-state index in [9.17, 15) is 9.90 Å². The second-order valence-electron chi connectivity index (χ2n) is 4.73. The topological polar surface area (TPSA) is 46.5 Å². The van der Waals surface area contributed by atoms with E-state index in [4.69, 9.17) is 4.74 Å². The summed E-state index contributed by atoms with van der Waals surface area (Å²) in [6, 6.07) is 5.23. The zero-order valence-electron chi connectivity index (χ0n) is 11.4. The number of benzene rings is 1. The summed E-state index contributed by atoms with van der Waals surface area (Å²) in [5, 5.41) is 9.19. The van der Waals surface area contributed by atoms with Crippen LogP contribution in [0.5, 0.6) is 5.75 Å². The largest absolute Gasteiger partial charge is 0.493 e. The maximum atomic E-state index is 11.2. The Kier molecular flexibility index (Phi) is 5.69. The molecular formula is C15H22O3. The zero-order chi connectivity index (χ0) is 13.5. The van der Waals surface area contributed by atoms with Gasteiger partial charge < -0.3 is 9.84 Å². The van der Waals surface area contributed by atoms with Crippen LogP contribution in [-0.2, 0) is 0 Å². The van der Waals surface area contributed by atoms with Crippen LogP contribution in [0.4, 0.5) is 0 Å². The minimum Gasteiger partial charge on any atom is -0.493 e. The molecule has 0 aliphatic heterocycles. The first-order valence-electron chi connectivity index (χ1n) is 6.57.